The smallest absolute Gasteiger partial charge is 0.326 e. The van der Waals surface area contributed by atoms with Gasteiger partial charge in [0.1, 0.15) is 6.04 Å². The summed E-state index contributed by atoms with van der Waals surface area (Å²) in [5.41, 5.74) is 1.01. The van der Waals surface area contributed by atoms with Crippen LogP contribution in [0, 0.1) is 5.92 Å². The minimum absolute atomic E-state index is 0.206. The molecule has 104 valence electrons. The Labute approximate surface area is 115 Å². The van der Waals surface area contributed by atoms with E-state index >= 15 is 0 Å². The quantitative estimate of drug-likeness (QED) is 0.880. The lowest BCUT2D eigenvalue weighted by atomic mass is 10.0. The SMILES string of the molecule is CC(C)[C@@H](NC(=O)c1ccnc2ccncc12)C(=O)O. The summed E-state index contributed by atoms with van der Waals surface area (Å²) in [5, 5.41) is 12.2. The first-order valence-corrected chi connectivity index (χ1v) is 6.23. The second-order valence-corrected chi connectivity index (χ2v) is 4.78. The highest BCUT2D eigenvalue weighted by molar-refractivity contribution is 6.06. The molecule has 0 aliphatic rings. The van der Waals surface area contributed by atoms with Crippen LogP contribution in [0.1, 0.15) is 24.2 Å². The largest absolute Gasteiger partial charge is 0.480 e. The van der Waals surface area contributed by atoms with E-state index < -0.39 is 17.9 Å². The summed E-state index contributed by atoms with van der Waals surface area (Å²) in [4.78, 5) is 31.5. The van der Waals surface area contributed by atoms with Crippen molar-refractivity contribution in [2.45, 2.75) is 19.9 Å². The van der Waals surface area contributed by atoms with E-state index in [9.17, 15) is 9.59 Å². The number of carbonyl (C=O) groups is 2. The Kier molecular flexibility index (Phi) is 3.93. The van der Waals surface area contributed by atoms with Crippen molar-refractivity contribution in [1.29, 1.82) is 0 Å². The summed E-state index contributed by atoms with van der Waals surface area (Å²) in [6, 6.07) is 2.32. The van der Waals surface area contributed by atoms with Crippen LogP contribution in [0.2, 0.25) is 0 Å². The molecule has 2 aromatic heterocycles. The summed E-state index contributed by atoms with van der Waals surface area (Å²) in [5.74, 6) is -1.70. The van der Waals surface area contributed by atoms with Gasteiger partial charge in [0, 0.05) is 24.0 Å². The topological polar surface area (TPSA) is 92.2 Å². The molecule has 0 saturated carbocycles. The molecule has 2 heterocycles. The van der Waals surface area contributed by atoms with Crippen LogP contribution in [0.25, 0.3) is 10.9 Å². The molecule has 0 bridgehead atoms. The number of carboxylic acid groups (broad SMARTS) is 1. The molecule has 6 heteroatoms. The van der Waals surface area contributed by atoms with Gasteiger partial charge in [0.2, 0.25) is 0 Å². The Morgan fingerprint density at radius 3 is 2.65 bits per heavy atom. The number of hydrogen-bond donors (Lipinski definition) is 2. The van der Waals surface area contributed by atoms with E-state index in [1.165, 1.54) is 6.20 Å². The van der Waals surface area contributed by atoms with Crippen molar-refractivity contribution < 1.29 is 14.7 Å². The highest BCUT2D eigenvalue weighted by atomic mass is 16.4. The van der Waals surface area contributed by atoms with E-state index in [1.54, 1.807) is 38.4 Å². The van der Waals surface area contributed by atoms with Gasteiger partial charge < -0.3 is 10.4 Å². The van der Waals surface area contributed by atoms with Gasteiger partial charge in [-0.15, -0.1) is 0 Å². The average molecular weight is 273 g/mol. The van der Waals surface area contributed by atoms with Crippen molar-refractivity contribution in [2.24, 2.45) is 5.92 Å². The van der Waals surface area contributed by atoms with Gasteiger partial charge in [0.15, 0.2) is 0 Å². The average Bonchev–Trinajstić information content (AvgIpc) is 2.43. The monoisotopic (exact) mass is 273 g/mol. The lowest BCUT2D eigenvalue weighted by Crippen LogP contribution is -2.44. The second kappa shape index (κ2) is 5.64. The zero-order chi connectivity index (χ0) is 14.7. The number of amides is 1. The molecule has 1 atom stereocenters. The van der Waals surface area contributed by atoms with Crippen molar-refractivity contribution in [2.75, 3.05) is 0 Å². The number of aliphatic carboxylic acids is 1. The van der Waals surface area contributed by atoms with Crippen LogP contribution in [-0.2, 0) is 4.79 Å². The third-order valence-corrected chi connectivity index (χ3v) is 3.01. The van der Waals surface area contributed by atoms with Gasteiger partial charge in [-0.2, -0.15) is 0 Å². The Morgan fingerprint density at radius 1 is 1.25 bits per heavy atom. The van der Waals surface area contributed by atoms with Crippen LogP contribution in [0.15, 0.2) is 30.7 Å². The van der Waals surface area contributed by atoms with E-state index in [2.05, 4.69) is 15.3 Å². The van der Waals surface area contributed by atoms with Gasteiger partial charge in [0.25, 0.3) is 5.91 Å². The number of fused-ring (bicyclic) bond motifs is 1. The fourth-order valence-electron chi connectivity index (χ4n) is 1.92. The zero-order valence-electron chi connectivity index (χ0n) is 11.2. The number of carbonyl (C=O) groups excluding carboxylic acids is 1. The number of nitrogens with zero attached hydrogens (tertiary/aromatic N) is 2. The molecule has 1 amide bonds. The Bertz CT molecular complexity index is 650. The standard InChI is InChI=1S/C14H15N3O3/c1-8(2)12(14(19)20)17-13(18)9-3-6-16-11-4-5-15-7-10(9)11/h3-8,12H,1-2H3,(H,17,18)(H,19,20)/t12-/m1/s1. The van der Waals surface area contributed by atoms with E-state index in [4.69, 9.17) is 5.11 Å². The van der Waals surface area contributed by atoms with Crippen LogP contribution >= 0.6 is 0 Å². The fourth-order valence-corrected chi connectivity index (χ4v) is 1.92. The third kappa shape index (κ3) is 2.74. The van der Waals surface area contributed by atoms with E-state index in [0.717, 1.165) is 0 Å². The van der Waals surface area contributed by atoms with Crippen LogP contribution < -0.4 is 5.32 Å². The minimum Gasteiger partial charge on any atom is -0.480 e. The van der Waals surface area contributed by atoms with Crippen molar-refractivity contribution in [1.82, 2.24) is 15.3 Å². The van der Waals surface area contributed by atoms with Gasteiger partial charge in [-0.3, -0.25) is 14.8 Å². The Balaban J connectivity index is 2.34. The molecule has 2 N–H and O–H groups in total. The molecule has 0 unspecified atom stereocenters. The first-order chi connectivity index (χ1) is 9.50. The lowest BCUT2D eigenvalue weighted by Gasteiger charge is -2.18. The van der Waals surface area contributed by atoms with Gasteiger partial charge in [-0.1, -0.05) is 13.8 Å². The predicted octanol–water partition coefficient (Wildman–Crippen LogP) is 1.47. The minimum atomic E-state index is -1.05. The van der Waals surface area contributed by atoms with Gasteiger partial charge in [0.05, 0.1) is 11.1 Å². The first kappa shape index (κ1) is 13.9. The molecule has 0 radical (unpaired) electrons. The molecule has 0 aliphatic carbocycles. The molecule has 0 aliphatic heterocycles. The Morgan fingerprint density at radius 2 is 2.00 bits per heavy atom. The van der Waals surface area contributed by atoms with E-state index in [1.807, 2.05) is 0 Å². The van der Waals surface area contributed by atoms with Crippen molar-refractivity contribution in [3.63, 3.8) is 0 Å². The number of pyridine rings is 2. The highest BCUT2D eigenvalue weighted by Crippen LogP contribution is 2.15. The maximum absolute atomic E-state index is 12.2. The molecule has 0 saturated heterocycles. The Hall–Kier alpha value is -2.50. The normalized spacial score (nSPS) is 12.3. The number of rotatable bonds is 4. The first-order valence-electron chi connectivity index (χ1n) is 6.23. The second-order valence-electron chi connectivity index (χ2n) is 4.78. The lowest BCUT2D eigenvalue weighted by molar-refractivity contribution is -0.140. The molecule has 20 heavy (non-hydrogen) atoms. The maximum atomic E-state index is 12.2. The van der Waals surface area contributed by atoms with Gasteiger partial charge in [-0.25, -0.2) is 4.79 Å². The number of carboxylic acids is 1. The van der Waals surface area contributed by atoms with E-state index in [-0.39, 0.29) is 5.92 Å². The molecule has 0 aromatic carbocycles. The summed E-state index contributed by atoms with van der Waals surface area (Å²) in [6.45, 7) is 3.48. The summed E-state index contributed by atoms with van der Waals surface area (Å²) in [7, 11) is 0. The van der Waals surface area contributed by atoms with Crippen molar-refractivity contribution >= 4 is 22.8 Å². The molecular weight excluding hydrogens is 258 g/mol. The van der Waals surface area contributed by atoms with Crippen molar-refractivity contribution in [3.05, 3.63) is 36.3 Å². The molecule has 2 aromatic rings. The number of hydrogen-bond acceptors (Lipinski definition) is 4. The molecule has 0 fully saturated rings. The number of aromatic nitrogens is 2. The molecular formula is C14H15N3O3. The summed E-state index contributed by atoms with van der Waals surface area (Å²) in [6.07, 6.45) is 4.65. The highest BCUT2D eigenvalue weighted by Gasteiger charge is 2.24. The maximum Gasteiger partial charge on any atom is 0.326 e. The number of nitrogens with one attached hydrogen (secondary N) is 1. The summed E-state index contributed by atoms with van der Waals surface area (Å²) < 4.78 is 0. The van der Waals surface area contributed by atoms with Gasteiger partial charge >= 0.3 is 5.97 Å². The van der Waals surface area contributed by atoms with Crippen molar-refractivity contribution in [3.8, 4) is 0 Å². The predicted molar refractivity (Wildman–Crippen MR) is 73.3 cm³/mol. The van der Waals surface area contributed by atoms with E-state index in [0.29, 0.717) is 16.5 Å². The fraction of sp³-hybridized carbons (Fsp3) is 0.286. The van der Waals surface area contributed by atoms with Gasteiger partial charge in [-0.05, 0) is 18.1 Å². The van der Waals surface area contributed by atoms with Crippen LogP contribution in [0.4, 0.5) is 0 Å². The molecule has 2 rings (SSSR count). The van der Waals surface area contributed by atoms with Crippen LogP contribution in [0.5, 0.6) is 0 Å². The molecule has 6 nitrogen and oxygen atoms in total. The zero-order valence-corrected chi connectivity index (χ0v) is 11.2. The third-order valence-electron chi connectivity index (χ3n) is 3.01. The van der Waals surface area contributed by atoms with Crippen LogP contribution in [0.3, 0.4) is 0 Å². The van der Waals surface area contributed by atoms with Crippen LogP contribution in [-0.4, -0.2) is 33.0 Å². The summed E-state index contributed by atoms with van der Waals surface area (Å²) >= 11 is 0. The molecule has 0 spiro atoms.